The number of carbonyl (C=O) groups excluding carboxylic acids is 1. The molecule has 8 heteroatoms. The SMILES string of the molecule is O=C(O)CCC(=O)NCc1cccc(-c2cccc([C@H]3O[C@@H](CSc4ccccc4)C[C@@H](c4ccc(CO)cc4)O3)c2)c1. The van der Waals surface area contributed by atoms with Crippen LogP contribution in [0.2, 0.25) is 0 Å². The largest absolute Gasteiger partial charge is 0.481 e. The molecule has 1 saturated heterocycles. The van der Waals surface area contributed by atoms with Crippen molar-refractivity contribution < 1.29 is 29.3 Å². The van der Waals surface area contributed by atoms with Crippen LogP contribution in [0, 0.1) is 0 Å². The zero-order chi connectivity index (χ0) is 30.0. The Bertz CT molecular complexity index is 1510. The molecule has 0 spiro atoms. The number of carboxylic acid groups (broad SMARTS) is 1. The van der Waals surface area contributed by atoms with Crippen molar-refractivity contribution in [1.29, 1.82) is 0 Å². The smallest absolute Gasteiger partial charge is 0.303 e. The Balaban J connectivity index is 1.32. The minimum atomic E-state index is -0.991. The molecule has 43 heavy (non-hydrogen) atoms. The summed E-state index contributed by atoms with van der Waals surface area (Å²) >= 11 is 1.77. The zero-order valence-corrected chi connectivity index (χ0v) is 24.5. The number of aliphatic hydroxyl groups is 1. The third kappa shape index (κ3) is 8.78. The topological polar surface area (TPSA) is 105 Å². The van der Waals surface area contributed by atoms with E-state index in [-0.39, 0.29) is 37.6 Å². The van der Waals surface area contributed by atoms with Crippen LogP contribution in [0.15, 0.2) is 108 Å². The second kappa shape index (κ2) is 15.0. The second-order valence-corrected chi connectivity index (χ2v) is 11.6. The molecule has 0 bridgehead atoms. The van der Waals surface area contributed by atoms with Crippen molar-refractivity contribution in [3.05, 3.63) is 125 Å². The lowest BCUT2D eigenvalue weighted by molar-refractivity contribution is -0.245. The van der Waals surface area contributed by atoms with Gasteiger partial charge in [0.2, 0.25) is 5.91 Å². The first-order chi connectivity index (χ1) is 21.0. The monoisotopic (exact) mass is 597 g/mol. The summed E-state index contributed by atoms with van der Waals surface area (Å²) in [6, 6.07) is 34.2. The van der Waals surface area contributed by atoms with Gasteiger partial charge in [0.1, 0.15) is 0 Å². The number of aliphatic hydroxyl groups excluding tert-OH is 1. The minimum Gasteiger partial charge on any atom is -0.481 e. The quantitative estimate of drug-likeness (QED) is 0.157. The summed E-state index contributed by atoms with van der Waals surface area (Å²) < 4.78 is 13.1. The van der Waals surface area contributed by atoms with Crippen molar-refractivity contribution >= 4 is 23.6 Å². The van der Waals surface area contributed by atoms with Crippen LogP contribution in [0.25, 0.3) is 11.1 Å². The van der Waals surface area contributed by atoms with Gasteiger partial charge in [-0.05, 0) is 52.1 Å². The van der Waals surface area contributed by atoms with Gasteiger partial charge < -0.3 is 25.0 Å². The van der Waals surface area contributed by atoms with Crippen molar-refractivity contribution in [3.63, 3.8) is 0 Å². The average molecular weight is 598 g/mol. The minimum absolute atomic E-state index is 0.00103. The maximum Gasteiger partial charge on any atom is 0.303 e. The van der Waals surface area contributed by atoms with E-state index in [1.807, 2.05) is 84.9 Å². The van der Waals surface area contributed by atoms with E-state index >= 15 is 0 Å². The predicted molar refractivity (Wildman–Crippen MR) is 166 cm³/mol. The van der Waals surface area contributed by atoms with E-state index in [0.29, 0.717) is 13.0 Å². The molecule has 0 radical (unpaired) electrons. The number of nitrogens with one attached hydrogen (secondary N) is 1. The average Bonchev–Trinajstić information content (AvgIpc) is 3.06. The first kappa shape index (κ1) is 30.5. The summed E-state index contributed by atoms with van der Waals surface area (Å²) in [4.78, 5) is 23.9. The molecule has 0 aromatic heterocycles. The van der Waals surface area contributed by atoms with Gasteiger partial charge in [-0.2, -0.15) is 0 Å². The van der Waals surface area contributed by atoms with Gasteiger partial charge in [0.15, 0.2) is 6.29 Å². The molecule has 7 nitrogen and oxygen atoms in total. The fraction of sp³-hybridized carbons (Fsp3) is 0.257. The van der Waals surface area contributed by atoms with E-state index in [4.69, 9.17) is 14.6 Å². The highest BCUT2D eigenvalue weighted by Gasteiger charge is 2.32. The first-order valence-electron chi connectivity index (χ1n) is 14.3. The Labute approximate surface area is 255 Å². The second-order valence-electron chi connectivity index (χ2n) is 10.5. The van der Waals surface area contributed by atoms with Gasteiger partial charge >= 0.3 is 5.97 Å². The molecule has 4 aromatic rings. The highest BCUT2D eigenvalue weighted by molar-refractivity contribution is 7.99. The molecule has 0 aliphatic carbocycles. The number of hydrogen-bond donors (Lipinski definition) is 3. The van der Waals surface area contributed by atoms with Gasteiger partial charge in [-0.3, -0.25) is 9.59 Å². The van der Waals surface area contributed by atoms with Crippen LogP contribution in [0.4, 0.5) is 0 Å². The Morgan fingerprint density at radius 2 is 1.53 bits per heavy atom. The molecular weight excluding hydrogens is 562 g/mol. The lowest BCUT2D eigenvalue weighted by atomic mass is 9.99. The molecule has 222 valence electrons. The van der Waals surface area contributed by atoms with Crippen LogP contribution in [0.3, 0.4) is 0 Å². The molecule has 1 aliphatic rings. The normalized spacial score (nSPS) is 18.2. The summed E-state index contributed by atoms with van der Waals surface area (Å²) in [6.45, 7) is 0.317. The lowest BCUT2D eigenvalue weighted by Crippen LogP contribution is -2.31. The maximum absolute atomic E-state index is 12.0. The number of ether oxygens (including phenoxy) is 2. The Kier molecular flexibility index (Phi) is 10.6. The zero-order valence-electron chi connectivity index (χ0n) is 23.7. The third-order valence-electron chi connectivity index (χ3n) is 7.27. The van der Waals surface area contributed by atoms with Crippen LogP contribution in [0.1, 0.15) is 53.9 Å². The highest BCUT2D eigenvalue weighted by Crippen LogP contribution is 2.40. The van der Waals surface area contributed by atoms with E-state index in [0.717, 1.165) is 39.1 Å². The molecule has 0 saturated carbocycles. The number of rotatable bonds is 12. The number of benzene rings is 4. The summed E-state index contributed by atoms with van der Waals surface area (Å²) in [7, 11) is 0. The maximum atomic E-state index is 12.0. The van der Waals surface area contributed by atoms with Crippen molar-refractivity contribution in [3.8, 4) is 11.1 Å². The summed E-state index contributed by atoms with van der Waals surface area (Å²) in [5.74, 6) is -0.494. The molecule has 1 heterocycles. The van der Waals surface area contributed by atoms with Crippen LogP contribution in [-0.2, 0) is 32.2 Å². The van der Waals surface area contributed by atoms with E-state index in [9.17, 15) is 14.7 Å². The third-order valence-corrected chi connectivity index (χ3v) is 8.41. The summed E-state index contributed by atoms with van der Waals surface area (Å²) in [5, 5.41) is 21.1. The molecule has 4 aromatic carbocycles. The molecular formula is C35H35NO6S. The number of carboxylic acids is 1. The van der Waals surface area contributed by atoms with Crippen LogP contribution in [-0.4, -0.2) is 33.9 Å². The number of amides is 1. The van der Waals surface area contributed by atoms with Crippen molar-refractivity contribution in [1.82, 2.24) is 5.32 Å². The van der Waals surface area contributed by atoms with Crippen LogP contribution < -0.4 is 5.32 Å². The van der Waals surface area contributed by atoms with Gasteiger partial charge in [-0.15, -0.1) is 11.8 Å². The fourth-order valence-corrected chi connectivity index (χ4v) is 5.91. The molecule has 1 aliphatic heterocycles. The van der Waals surface area contributed by atoms with E-state index < -0.39 is 12.3 Å². The molecule has 3 N–H and O–H groups in total. The van der Waals surface area contributed by atoms with Crippen LogP contribution >= 0.6 is 11.8 Å². The molecule has 1 amide bonds. The Morgan fingerprint density at radius 1 is 0.791 bits per heavy atom. The highest BCUT2D eigenvalue weighted by atomic mass is 32.2. The summed E-state index contributed by atoms with van der Waals surface area (Å²) in [5.41, 5.74) is 5.72. The van der Waals surface area contributed by atoms with E-state index in [1.54, 1.807) is 11.8 Å². The molecule has 3 atom stereocenters. The molecule has 1 fully saturated rings. The van der Waals surface area contributed by atoms with Gasteiger partial charge in [0.05, 0.1) is 25.2 Å². The van der Waals surface area contributed by atoms with Gasteiger partial charge in [0.25, 0.3) is 0 Å². The number of carbonyl (C=O) groups is 2. The Morgan fingerprint density at radius 3 is 2.28 bits per heavy atom. The van der Waals surface area contributed by atoms with Crippen molar-refractivity contribution in [2.75, 3.05) is 5.75 Å². The number of hydrogen-bond acceptors (Lipinski definition) is 6. The van der Waals surface area contributed by atoms with Gasteiger partial charge in [-0.1, -0.05) is 78.9 Å². The van der Waals surface area contributed by atoms with Crippen molar-refractivity contribution in [2.24, 2.45) is 0 Å². The summed E-state index contributed by atoms with van der Waals surface area (Å²) in [6.07, 6.45) is -0.281. The van der Waals surface area contributed by atoms with Crippen molar-refractivity contribution in [2.45, 2.75) is 55.8 Å². The van der Waals surface area contributed by atoms with E-state index in [2.05, 4.69) is 23.5 Å². The lowest BCUT2D eigenvalue weighted by Gasteiger charge is -2.36. The predicted octanol–water partition coefficient (Wildman–Crippen LogP) is 6.66. The number of thioether (sulfide) groups is 1. The molecule has 5 rings (SSSR count). The van der Waals surface area contributed by atoms with Crippen LogP contribution in [0.5, 0.6) is 0 Å². The standard InChI is InChI=1S/C35H35NO6S/c37-22-24-12-14-26(15-13-24)32-20-30(23-43-31-10-2-1-3-11-31)41-35(42-32)29-9-5-8-28(19-29)27-7-4-6-25(18-27)21-36-33(38)16-17-34(39)40/h1-15,18-19,30,32,35,37H,16-17,20-23H2,(H,36,38)(H,39,40)/t30-,32+,35+/m1/s1. The molecule has 0 unspecified atom stereocenters. The Hall–Kier alpha value is -3.95. The van der Waals surface area contributed by atoms with Gasteiger partial charge in [-0.25, -0.2) is 0 Å². The fourth-order valence-electron chi connectivity index (χ4n) is 4.96. The van der Waals surface area contributed by atoms with Gasteiger partial charge in [0, 0.05) is 35.6 Å². The van der Waals surface area contributed by atoms with E-state index in [1.165, 1.54) is 4.90 Å². The number of aliphatic carboxylic acids is 1. The first-order valence-corrected chi connectivity index (χ1v) is 15.3.